The summed E-state index contributed by atoms with van der Waals surface area (Å²) in [5.41, 5.74) is 3.03. The number of phenols is 1. The van der Waals surface area contributed by atoms with E-state index in [0.717, 1.165) is 17.8 Å². The average molecular weight is 370 g/mol. The smallest absolute Gasteiger partial charge is 0.255 e. The van der Waals surface area contributed by atoms with Gasteiger partial charge in [-0.25, -0.2) is 15.0 Å². The highest BCUT2D eigenvalue weighted by atomic mass is 35.5. The number of aromatic nitrogens is 4. The van der Waals surface area contributed by atoms with E-state index in [-0.39, 0.29) is 11.3 Å². The summed E-state index contributed by atoms with van der Waals surface area (Å²) in [6.45, 7) is 1.95. The number of halogens is 1. The van der Waals surface area contributed by atoms with Crippen molar-refractivity contribution in [2.24, 2.45) is 0 Å². The molecule has 2 aromatic heterocycles. The predicted molar refractivity (Wildman–Crippen MR) is 96.8 cm³/mol. The number of fused-ring (bicyclic) bond motifs is 1. The molecule has 0 bridgehead atoms. The zero-order chi connectivity index (χ0) is 18.1. The Balaban J connectivity index is 1.57. The molecule has 0 aliphatic carbocycles. The first-order chi connectivity index (χ1) is 12.6. The summed E-state index contributed by atoms with van der Waals surface area (Å²) in [5.74, 6) is 0.561. The van der Waals surface area contributed by atoms with Gasteiger partial charge in [0.1, 0.15) is 17.9 Å². The number of H-pyrrole nitrogens is 1. The Morgan fingerprint density at radius 1 is 1.27 bits per heavy atom. The monoisotopic (exact) mass is 369 g/mol. The molecule has 8 heteroatoms. The van der Waals surface area contributed by atoms with Crippen molar-refractivity contribution in [3.05, 3.63) is 69.1 Å². The summed E-state index contributed by atoms with van der Waals surface area (Å²) in [5, 5.41) is 9.86. The maximum atomic E-state index is 12.5. The zero-order valence-electron chi connectivity index (χ0n) is 13.8. The Hall–Kier alpha value is -2.77. The SMILES string of the molecule is O=c1[nH]c(-c2cncnc2)nc2c1CN(Cc1ccc(O)c(Cl)c1)CC2. The van der Waals surface area contributed by atoms with E-state index in [1.165, 1.54) is 6.33 Å². The normalized spacial score (nSPS) is 14.2. The summed E-state index contributed by atoms with van der Waals surface area (Å²) in [6, 6.07) is 5.16. The second-order valence-corrected chi connectivity index (χ2v) is 6.62. The van der Waals surface area contributed by atoms with E-state index >= 15 is 0 Å². The van der Waals surface area contributed by atoms with E-state index in [1.54, 1.807) is 24.5 Å². The molecule has 0 saturated carbocycles. The molecule has 0 amide bonds. The third-order valence-corrected chi connectivity index (χ3v) is 4.70. The van der Waals surface area contributed by atoms with Gasteiger partial charge in [0.05, 0.1) is 21.8 Å². The van der Waals surface area contributed by atoms with Crippen molar-refractivity contribution in [2.45, 2.75) is 19.5 Å². The number of benzene rings is 1. The Morgan fingerprint density at radius 2 is 2.08 bits per heavy atom. The van der Waals surface area contributed by atoms with E-state index < -0.39 is 0 Å². The third kappa shape index (κ3) is 3.31. The van der Waals surface area contributed by atoms with Gasteiger partial charge in [-0.2, -0.15) is 0 Å². The molecule has 1 aromatic carbocycles. The highest BCUT2D eigenvalue weighted by Gasteiger charge is 2.22. The van der Waals surface area contributed by atoms with E-state index in [1.807, 2.05) is 6.07 Å². The fourth-order valence-electron chi connectivity index (χ4n) is 3.08. The third-order valence-electron chi connectivity index (χ3n) is 4.40. The van der Waals surface area contributed by atoms with Gasteiger partial charge in [0, 0.05) is 38.4 Å². The van der Waals surface area contributed by atoms with Gasteiger partial charge in [-0.3, -0.25) is 9.69 Å². The number of aromatic hydroxyl groups is 1. The largest absolute Gasteiger partial charge is 0.506 e. The summed E-state index contributed by atoms with van der Waals surface area (Å²) in [4.78, 5) is 30.0. The van der Waals surface area contributed by atoms with Crippen LogP contribution in [0.1, 0.15) is 16.8 Å². The molecule has 1 aliphatic rings. The van der Waals surface area contributed by atoms with Crippen molar-refractivity contribution < 1.29 is 5.11 Å². The molecule has 0 atom stereocenters. The van der Waals surface area contributed by atoms with E-state index in [4.69, 9.17) is 11.6 Å². The molecular weight excluding hydrogens is 354 g/mol. The van der Waals surface area contributed by atoms with Crippen LogP contribution in [0.5, 0.6) is 5.75 Å². The lowest BCUT2D eigenvalue weighted by molar-refractivity contribution is 0.242. The summed E-state index contributed by atoms with van der Waals surface area (Å²) in [6.07, 6.45) is 5.38. The molecular formula is C18H16ClN5O2. The van der Waals surface area contributed by atoms with E-state index in [0.29, 0.717) is 41.5 Å². The molecule has 3 heterocycles. The minimum Gasteiger partial charge on any atom is -0.506 e. The Labute approximate surface area is 154 Å². The topological polar surface area (TPSA) is 95.0 Å². The van der Waals surface area contributed by atoms with Gasteiger partial charge in [0.2, 0.25) is 0 Å². The fraction of sp³-hybridized carbons (Fsp3) is 0.222. The summed E-state index contributed by atoms with van der Waals surface area (Å²) >= 11 is 5.97. The van der Waals surface area contributed by atoms with Gasteiger partial charge in [-0.05, 0) is 17.7 Å². The van der Waals surface area contributed by atoms with Crippen molar-refractivity contribution in [1.82, 2.24) is 24.8 Å². The van der Waals surface area contributed by atoms with Crippen molar-refractivity contribution in [1.29, 1.82) is 0 Å². The second kappa shape index (κ2) is 6.86. The number of phenolic OH excluding ortho intramolecular Hbond substituents is 1. The Morgan fingerprint density at radius 3 is 2.85 bits per heavy atom. The standard InChI is InChI=1S/C18H16ClN5O2/c19-14-5-11(1-2-16(14)25)8-24-4-3-15-13(9-24)18(26)23-17(22-15)12-6-20-10-21-7-12/h1-2,5-7,10,25H,3-4,8-9H2,(H,22,23,26). The first kappa shape index (κ1) is 16.7. The number of aromatic amines is 1. The molecule has 0 spiro atoms. The Bertz CT molecular complexity index is 1010. The van der Waals surface area contributed by atoms with Crippen LogP contribution in [0.3, 0.4) is 0 Å². The lowest BCUT2D eigenvalue weighted by atomic mass is 10.1. The van der Waals surface area contributed by atoms with Gasteiger partial charge >= 0.3 is 0 Å². The van der Waals surface area contributed by atoms with Gasteiger partial charge in [-0.1, -0.05) is 17.7 Å². The number of nitrogens with zero attached hydrogens (tertiary/aromatic N) is 4. The molecule has 7 nitrogen and oxygen atoms in total. The molecule has 0 radical (unpaired) electrons. The fourth-order valence-corrected chi connectivity index (χ4v) is 3.28. The van der Waals surface area contributed by atoms with Crippen LogP contribution < -0.4 is 5.56 Å². The molecule has 0 unspecified atom stereocenters. The van der Waals surface area contributed by atoms with Crippen LogP contribution in [0.15, 0.2) is 41.7 Å². The van der Waals surface area contributed by atoms with E-state index in [2.05, 4.69) is 24.8 Å². The number of hydrogen-bond acceptors (Lipinski definition) is 6. The zero-order valence-corrected chi connectivity index (χ0v) is 14.6. The van der Waals surface area contributed by atoms with Crippen LogP contribution in [-0.4, -0.2) is 36.5 Å². The van der Waals surface area contributed by atoms with Gasteiger partial charge in [-0.15, -0.1) is 0 Å². The quantitative estimate of drug-likeness (QED) is 0.734. The van der Waals surface area contributed by atoms with Crippen molar-refractivity contribution in [2.75, 3.05) is 6.54 Å². The molecule has 0 fully saturated rings. The van der Waals surface area contributed by atoms with Gasteiger partial charge < -0.3 is 10.1 Å². The molecule has 26 heavy (non-hydrogen) atoms. The summed E-state index contributed by atoms with van der Waals surface area (Å²) < 4.78 is 0. The molecule has 3 aromatic rings. The first-order valence-corrected chi connectivity index (χ1v) is 8.55. The van der Waals surface area contributed by atoms with E-state index in [9.17, 15) is 9.90 Å². The minimum atomic E-state index is -0.137. The maximum absolute atomic E-state index is 12.5. The van der Waals surface area contributed by atoms with Gasteiger partial charge in [0.25, 0.3) is 5.56 Å². The maximum Gasteiger partial charge on any atom is 0.255 e. The number of nitrogens with one attached hydrogen (secondary N) is 1. The van der Waals surface area contributed by atoms with Crippen molar-refractivity contribution in [3.63, 3.8) is 0 Å². The van der Waals surface area contributed by atoms with Gasteiger partial charge in [0.15, 0.2) is 0 Å². The second-order valence-electron chi connectivity index (χ2n) is 6.21. The average Bonchev–Trinajstić information content (AvgIpc) is 2.66. The molecule has 4 rings (SSSR count). The predicted octanol–water partition coefficient (Wildman–Crippen LogP) is 2.14. The molecule has 1 aliphatic heterocycles. The minimum absolute atomic E-state index is 0.0671. The molecule has 132 valence electrons. The Kier molecular flexibility index (Phi) is 4.40. The van der Waals surface area contributed by atoms with Crippen LogP contribution in [-0.2, 0) is 19.5 Å². The molecule has 0 saturated heterocycles. The van der Waals surface area contributed by atoms with Crippen molar-refractivity contribution >= 4 is 11.6 Å². The van der Waals surface area contributed by atoms with Crippen LogP contribution >= 0.6 is 11.6 Å². The highest BCUT2D eigenvalue weighted by molar-refractivity contribution is 6.32. The number of hydrogen-bond donors (Lipinski definition) is 2. The highest BCUT2D eigenvalue weighted by Crippen LogP contribution is 2.25. The van der Waals surface area contributed by atoms with Crippen LogP contribution in [0.25, 0.3) is 11.4 Å². The van der Waals surface area contributed by atoms with Crippen molar-refractivity contribution in [3.8, 4) is 17.1 Å². The van der Waals surface area contributed by atoms with Crippen LogP contribution in [0.4, 0.5) is 0 Å². The molecule has 2 N–H and O–H groups in total. The summed E-state index contributed by atoms with van der Waals surface area (Å²) in [7, 11) is 0. The lowest BCUT2D eigenvalue weighted by Gasteiger charge is -2.27. The lowest BCUT2D eigenvalue weighted by Crippen LogP contribution is -2.35. The van der Waals surface area contributed by atoms with Crippen LogP contribution in [0.2, 0.25) is 5.02 Å². The first-order valence-electron chi connectivity index (χ1n) is 8.17. The van der Waals surface area contributed by atoms with Crippen LogP contribution in [0, 0.1) is 0 Å². The number of rotatable bonds is 3.